The molecule has 3 rings (SSSR count). The van der Waals surface area contributed by atoms with Crippen LogP contribution in [0, 0.1) is 11.8 Å². The minimum absolute atomic E-state index is 0.769. The standard InChI is InChI=1S/C13H18N2/c1-2-6-14-12(3-1)9-15-13-8-10-4-5-11(13)7-10/h1-3,6,10-11,13,15H,4-5,7-9H2/t10-,11-,13+/m1/s1. The summed E-state index contributed by atoms with van der Waals surface area (Å²) < 4.78 is 0. The second kappa shape index (κ2) is 3.93. The highest BCUT2D eigenvalue weighted by Crippen LogP contribution is 2.44. The zero-order chi connectivity index (χ0) is 10.1. The molecule has 2 fully saturated rings. The van der Waals surface area contributed by atoms with E-state index in [1.807, 2.05) is 12.3 Å². The molecule has 3 atom stereocenters. The normalized spacial score (nSPS) is 33.5. The first-order valence-corrected chi connectivity index (χ1v) is 6.05. The molecule has 1 N–H and O–H groups in total. The summed E-state index contributed by atoms with van der Waals surface area (Å²) in [6.07, 6.45) is 7.67. The summed E-state index contributed by atoms with van der Waals surface area (Å²) in [6.45, 7) is 0.939. The van der Waals surface area contributed by atoms with E-state index in [1.165, 1.54) is 31.4 Å². The molecule has 0 radical (unpaired) electrons. The maximum Gasteiger partial charge on any atom is 0.0541 e. The molecule has 0 saturated heterocycles. The number of pyridine rings is 1. The Kier molecular flexibility index (Phi) is 2.45. The van der Waals surface area contributed by atoms with E-state index in [0.717, 1.165) is 24.4 Å². The third-order valence-electron chi connectivity index (χ3n) is 4.01. The predicted octanol–water partition coefficient (Wildman–Crippen LogP) is 2.36. The average molecular weight is 202 g/mol. The van der Waals surface area contributed by atoms with E-state index in [4.69, 9.17) is 0 Å². The van der Waals surface area contributed by atoms with Gasteiger partial charge in [0.15, 0.2) is 0 Å². The Bertz CT molecular complexity index is 323. The minimum Gasteiger partial charge on any atom is -0.308 e. The molecule has 0 aliphatic heterocycles. The highest BCUT2D eigenvalue weighted by Gasteiger charge is 2.38. The molecule has 2 saturated carbocycles. The second-order valence-corrected chi connectivity index (χ2v) is 4.98. The quantitative estimate of drug-likeness (QED) is 0.814. The predicted molar refractivity (Wildman–Crippen MR) is 60.3 cm³/mol. The lowest BCUT2D eigenvalue weighted by Crippen LogP contribution is -2.33. The summed E-state index contributed by atoms with van der Waals surface area (Å²) in [6, 6.07) is 6.90. The Labute approximate surface area is 91.1 Å². The first-order chi connectivity index (χ1) is 7.42. The van der Waals surface area contributed by atoms with Gasteiger partial charge in [-0.05, 0) is 43.2 Å². The number of nitrogens with zero attached hydrogens (tertiary/aromatic N) is 1. The largest absolute Gasteiger partial charge is 0.308 e. The Morgan fingerprint density at radius 2 is 2.27 bits per heavy atom. The molecule has 80 valence electrons. The van der Waals surface area contributed by atoms with Crippen molar-refractivity contribution in [3.8, 4) is 0 Å². The third-order valence-corrected chi connectivity index (χ3v) is 4.01. The third kappa shape index (κ3) is 1.91. The minimum atomic E-state index is 0.769. The SMILES string of the molecule is c1ccc(CN[C@H]2C[C@@H]3CC[C@@H]2C3)nc1. The Balaban J connectivity index is 1.55. The van der Waals surface area contributed by atoms with E-state index in [2.05, 4.69) is 22.4 Å². The van der Waals surface area contributed by atoms with E-state index in [1.54, 1.807) is 0 Å². The average Bonchev–Trinajstić information content (AvgIpc) is 2.89. The van der Waals surface area contributed by atoms with Crippen molar-refractivity contribution >= 4 is 0 Å². The van der Waals surface area contributed by atoms with Gasteiger partial charge in [0, 0.05) is 18.8 Å². The fourth-order valence-corrected chi connectivity index (χ4v) is 3.23. The topological polar surface area (TPSA) is 24.9 Å². The molecular formula is C13H18N2. The van der Waals surface area contributed by atoms with Crippen LogP contribution in [0.4, 0.5) is 0 Å². The highest BCUT2D eigenvalue weighted by molar-refractivity contribution is 5.04. The van der Waals surface area contributed by atoms with Crippen LogP contribution in [-0.4, -0.2) is 11.0 Å². The number of rotatable bonds is 3. The molecule has 2 nitrogen and oxygen atoms in total. The number of hydrogen-bond donors (Lipinski definition) is 1. The summed E-state index contributed by atoms with van der Waals surface area (Å²) in [4.78, 5) is 4.34. The molecule has 2 bridgehead atoms. The van der Waals surface area contributed by atoms with Gasteiger partial charge in [0.1, 0.15) is 0 Å². The molecule has 0 spiro atoms. The molecule has 15 heavy (non-hydrogen) atoms. The van der Waals surface area contributed by atoms with Gasteiger partial charge >= 0.3 is 0 Å². The smallest absolute Gasteiger partial charge is 0.0541 e. The van der Waals surface area contributed by atoms with Crippen molar-refractivity contribution in [2.24, 2.45) is 11.8 Å². The zero-order valence-electron chi connectivity index (χ0n) is 9.02. The molecule has 2 aliphatic rings. The monoisotopic (exact) mass is 202 g/mol. The van der Waals surface area contributed by atoms with Crippen LogP contribution in [0.2, 0.25) is 0 Å². The lowest BCUT2D eigenvalue weighted by molar-refractivity contribution is 0.349. The van der Waals surface area contributed by atoms with Gasteiger partial charge < -0.3 is 5.32 Å². The van der Waals surface area contributed by atoms with Crippen molar-refractivity contribution in [1.29, 1.82) is 0 Å². The van der Waals surface area contributed by atoms with Gasteiger partial charge in [0.05, 0.1) is 5.69 Å². The number of hydrogen-bond acceptors (Lipinski definition) is 2. The van der Waals surface area contributed by atoms with Crippen molar-refractivity contribution < 1.29 is 0 Å². The van der Waals surface area contributed by atoms with Crippen LogP contribution < -0.4 is 5.32 Å². The number of fused-ring (bicyclic) bond motifs is 2. The summed E-state index contributed by atoms with van der Waals surface area (Å²) in [5, 5.41) is 3.67. The van der Waals surface area contributed by atoms with Crippen LogP contribution in [0.15, 0.2) is 24.4 Å². The molecule has 0 amide bonds. The number of aromatic nitrogens is 1. The van der Waals surface area contributed by atoms with Crippen LogP contribution >= 0.6 is 0 Å². The van der Waals surface area contributed by atoms with Crippen LogP contribution in [-0.2, 0) is 6.54 Å². The highest BCUT2D eigenvalue weighted by atomic mass is 14.9. The fourth-order valence-electron chi connectivity index (χ4n) is 3.23. The van der Waals surface area contributed by atoms with Gasteiger partial charge in [-0.15, -0.1) is 0 Å². The Morgan fingerprint density at radius 1 is 1.27 bits per heavy atom. The van der Waals surface area contributed by atoms with Gasteiger partial charge in [0.2, 0.25) is 0 Å². The van der Waals surface area contributed by atoms with Crippen LogP contribution in [0.3, 0.4) is 0 Å². The van der Waals surface area contributed by atoms with Crippen LogP contribution in [0.25, 0.3) is 0 Å². The summed E-state index contributed by atoms with van der Waals surface area (Å²) in [5.74, 6) is 1.98. The van der Waals surface area contributed by atoms with E-state index in [0.29, 0.717) is 0 Å². The van der Waals surface area contributed by atoms with Gasteiger partial charge in [-0.25, -0.2) is 0 Å². The van der Waals surface area contributed by atoms with Gasteiger partial charge in [-0.1, -0.05) is 12.5 Å². The van der Waals surface area contributed by atoms with E-state index >= 15 is 0 Å². The van der Waals surface area contributed by atoms with Gasteiger partial charge in [-0.2, -0.15) is 0 Å². The van der Waals surface area contributed by atoms with Gasteiger partial charge in [0.25, 0.3) is 0 Å². The first-order valence-electron chi connectivity index (χ1n) is 6.05. The van der Waals surface area contributed by atoms with Crippen LogP contribution in [0.1, 0.15) is 31.4 Å². The van der Waals surface area contributed by atoms with Crippen molar-refractivity contribution in [3.63, 3.8) is 0 Å². The molecule has 0 aromatic carbocycles. The van der Waals surface area contributed by atoms with E-state index in [-0.39, 0.29) is 0 Å². The summed E-state index contributed by atoms with van der Waals surface area (Å²) >= 11 is 0. The van der Waals surface area contributed by atoms with Crippen molar-refractivity contribution in [1.82, 2.24) is 10.3 Å². The van der Waals surface area contributed by atoms with Crippen molar-refractivity contribution in [2.75, 3.05) is 0 Å². The summed E-state index contributed by atoms with van der Waals surface area (Å²) in [5.41, 5.74) is 1.17. The molecule has 1 aromatic heterocycles. The maximum absolute atomic E-state index is 4.34. The lowest BCUT2D eigenvalue weighted by atomic mass is 9.95. The summed E-state index contributed by atoms with van der Waals surface area (Å²) in [7, 11) is 0. The Hall–Kier alpha value is -0.890. The Morgan fingerprint density at radius 3 is 2.93 bits per heavy atom. The molecule has 0 unspecified atom stereocenters. The van der Waals surface area contributed by atoms with E-state index in [9.17, 15) is 0 Å². The first kappa shape index (κ1) is 9.34. The van der Waals surface area contributed by atoms with Gasteiger partial charge in [-0.3, -0.25) is 4.98 Å². The molecule has 1 aromatic rings. The fraction of sp³-hybridized carbons (Fsp3) is 0.615. The number of nitrogens with one attached hydrogen (secondary N) is 1. The maximum atomic E-state index is 4.34. The molecule has 2 aliphatic carbocycles. The lowest BCUT2D eigenvalue weighted by Gasteiger charge is -2.22. The molecular weight excluding hydrogens is 184 g/mol. The molecule has 2 heteroatoms. The van der Waals surface area contributed by atoms with E-state index < -0.39 is 0 Å². The zero-order valence-corrected chi connectivity index (χ0v) is 9.02. The van der Waals surface area contributed by atoms with Crippen molar-refractivity contribution in [3.05, 3.63) is 30.1 Å². The van der Waals surface area contributed by atoms with Crippen LogP contribution in [0.5, 0.6) is 0 Å². The molecule has 1 heterocycles. The van der Waals surface area contributed by atoms with Crippen molar-refractivity contribution in [2.45, 2.75) is 38.3 Å². The second-order valence-electron chi connectivity index (χ2n) is 4.98.